The molecule has 0 aliphatic carbocycles. The molecule has 1 N–H and O–H groups in total. The highest BCUT2D eigenvalue weighted by atomic mass is 15.0. The van der Waals surface area contributed by atoms with Crippen LogP contribution in [0.4, 0.5) is 0 Å². The van der Waals surface area contributed by atoms with Gasteiger partial charge in [-0.3, -0.25) is 0 Å². The summed E-state index contributed by atoms with van der Waals surface area (Å²) in [6.45, 7) is 10.8. The first-order valence-electron chi connectivity index (χ1n) is 8.86. The van der Waals surface area contributed by atoms with Crippen molar-refractivity contribution in [2.24, 2.45) is 0 Å². The van der Waals surface area contributed by atoms with E-state index >= 15 is 0 Å². The minimum Gasteiger partial charge on any atom is -0.343 e. The SMILES string of the molecule is CCC(C)(C)NCc1cn(Cc2ccccc2C)c2ccccc12. The molecule has 0 atom stereocenters. The predicted octanol–water partition coefficient (Wildman–Crippen LogP) is 5.28. The molecule has 1 aromatic heterocycles. The maximum atomic E-state index is 3.69. The highest BCUT2D eigenvalue weighted by molar-refractivity contribution is 5.84. The van der Waals surface area contributed by atoms with Gasteiger partial charge >= 0.3 is 0 Å². The maximum absolute atomic E-state index is 3.69. The molecule has 0 saturated heterocycles. The Morgan fingerprint density at radius 3 is 2.42 bits per heavy atom. The second kappa shape index (κ2) is 6.82. The minimum atomic E-state index is 0.166. The number of rotatable bonds is 6. The van der Waals surface area contributed by atoms with Gasteiger partial charge in [0.05, 0.1) is 0 Å². The molecule has 126 valence electrons. The lowest BCUT2D eigenvalue weighted by atomic mass is 10.0. The molecule has 0 bridgehead atoms. The molecule has 2 heteroatoms. The Bertz CT molecular complexity index is 827. The van der Waals surface area contributed by atoms with Crippen molar-refractivity contribution in [1.29, 1.82) is 0 Å². The van der Waals surface area contributed by atoms with Crippen LogP contribution in [-0.4, -0.2) is 10.1 Å². The molecule has 0 unspecified atom stereocenters. The normalized spacial score (nSPS) is 12.0. The van der Waals surface area contributed by atoms with Crippen LogP contribution in [0.2, 0.25) is 0 Å². The van der Waals surface area contributed by atoms with Gasteiger partial charge in [0.25, 0.3) is 0 Å². The summed E-state index contributed by atoms with van der Waals surface area (Å²) < 4.78 is 2.38. The molecule has 0 radical (unpaired) electrons. The standard InChI is InChI=1S/C22H28N2/c1-5-22(3,4)23-14-19-16-24(21-13-9-8-12-20(19)21)15-18-11-7-6-10-17(18)2/h6-13,16,23H,5,14-15H2,1-4H3. The van der Waals surface area contributed by atoms with Crippen molar-refractivity contribution in [2.45, 2.75) is 52.7 Å². The zero-order valence-electron chi connectivity index (χ0n) is 15.3. The van der Waals surface area contributed by atoms with Crippen molar-refractivity contribution in [1.82, 2.24) is 9.88 Å². The third kappa shape index (κ3) is 3.54. The van der Waals surface area contributed by atoms with Crippen LogP contribution < -0.4 is 5.32 Å². The lowest BCUT2D eigenvalue weighted by Gasteiger charge is -2.24. The summed E-state index contributed by atoms with van der Waals surface area (Å²) >= 11 is 0. The number of fused-ring (bicyclic) bond motifs is 1. The minimum absolute atomic E-state index is 0.166. The number of nitrogens with one attached hydrogen (secondary N) is 1. The number of hydrogen-bond acceptors (Lipinski definition) is 1. The summed E-state index contributed by atoms with van der Waals surface area (Å²) in [5.41, 5.74) is 5.58. The zero-order chi connectivity index (χ0) is 17.2. The molecule has 2 aromatic carbocycles. The summed E-state index contributed by atoms with van der Waals surface area (Å²) in [5.74, 6) is 0. The Morgan fingerprint density at radius 1 is 0.958 bits per heavy atom. The van der Waals surface area contributed by atoms with Crippen LogP contribution >= 0.6 is 0 Å². The van der Waals surface area contributed by atoms with E-state index in [0.29, 0.717) is 0 Å². The fourth-order valence-corrected chi connectivity index (χ4v) is 3.03. The Kier molecular flexibility index (Phi) is 4.77. The van der Waals surface area contributed by atoms with Gasteiger partial charge in [0.1, 0.15) is 0 Å². The summed E-state index contributed by atoms with van der Waals surface area (Å²) in [5, 5.41) is 5.04. The average molecular weight is 320 g/mol. The van der Waals surface area contributed by atoms with Gasteiger partial charge in [-0.25, -0.2) is 0 Å². The van der Waals surface area contributed by atoms with Gasteiger partial charge in [0, 0.05) is 35.7 Å². The van der Waals surface area contributed by atoms with Crippen molar-refractivity contribution >= 4 is 10.9 Å². The van der Waals surface area contributed by atoms with Crippen molar-refractivity contribution in [3.05, 3.63) is 71.4 Å². The molecule has 0 spiro atoms. The number of aryl methyl sites for hydroxylation is 1. The molecule has 1 heterocycles. The highest BCUT2D eigenvalue weighted by Crippen LogP contribution is 2.24. The van der Waals surface area contributed by atoms with Crippen molar-refractivity contribution in [3.63, 3.8) is 0 Å². The second-order valence-electron chi connectivity index (χ2n) is 7.32. The van der Waals surface area contributed by atoms with Crippen LogP contribution in [0.1, 0.15) is 43.9 Å². The van der Waals surface area contributed by atoms with Crippen LogP contribution in [0.15, 0.2) is 54.7 Å². The topological polar surface area (TPSA) is 17.0 Å². The molecule has 0 amide bonds. The van der Waals surface area contributed by atoms with Crippen LogP contribution in [0.25, 0.3) is 10.9 Å². The third-order valence-electron chi connectivity index (χ3n) is 5.11. The fourth-order valence-electron chi connectivity index (χ4n) is 3.03. The summed E-state index contributed by atoms with van der Waals surface area (Å²) in [6.07, 6.45) is 3.44. The molecule has 3 rings (SSSR count). The Labute approximate surface area is 145 Å². The van der Waals surface area contributed by atoms with E-state index in [0.717, 1.165) is 19.5 Å². The van der Waals surface area contributed by atoms with E-state index in [4.69, 9.17) is 0 Å². The third-order valence-corrected chi connectivity index (χ3v) is 5.11. The van der Waals surface area contributed by atoms with E-state index in [2.05, 4.69) is 92.3 Å². The number of hydrogen-bond donors (Lipinski definition) is 1. The zero-order valence-corrected chi connectivity index (χ0v) is 15.3. The van der Waals surface area contributed by atoms with Gasteiger partial charge in [0.2, 0.25) is 0 Å². The van der Waals surface area contributed by atoms with Crippen LogP contribution in [0.3, 0.4) is 0 Å². The predicted molar refractivity (Wildman–Crippen MR) is 103 cm³/mol. The van der Waals surface area contributed by atoms with E-state index in [1.165, 1.54) is 27.6 Å². The van der Waals surface area contributed by atoms with Gasteiger partial charge in [-0.1, -0.05) is 49.4 Å². The van der Waals surface area contributed by atoms with Gasteiger partial charge in [-0.05, 0) is 49.9 Å². The lowest BCUT2D eigenvalue weighted by molar-refractivity contribution is 0.375. The summed E-state index contributed by atoms with van der Waals surface area (Å²) in [7, 11) is 0. The van der Waals surface area contributed by atoms with E-state index < -0.39 is 0 Å². The van der Waals surface area contributed by atoms with Gasteiger partial charge in [-0.15, -0.1) is 0 Å². The molecule has 2 nitrogen and oxygen atoms in total. The van der Waals surface area contributed by atoms with Crippen molar-refractivity contribution < 1.29 is 0 Å². The monoisotopic (exact) mass is 320 g/mol. The number of aromatic nitrogens is 1. The molecular formula is C22H28N2. The van der Waals surface area contributed by atoms with Gasteiger partial charge < -0.3 is 9.88 Å². The quantitative estimate of drug-likeness (QED) is 0.654. The molecule has 3 aromatic rings. The van der Waals surface area contributed by atoms with Crippen molar-refractivity contribution in [2.75, 3.05) is 0 Å². The van der Waals surface area contributed by atoms with E-state index in [1.54, 1.807) is 0 Å². The first-order valence-corrected chi connectivity index (χ1v) is 8.86. The van der Waals surface area contributed by atoms with Gasteiger partial charge in [0.15, 0.2) is 0 Å². The fraction of sp³-hybridized carbons (Fsp3) is 0.364. The molecule has 0 saturated carbocycles. The Hall–Kier alpha value is -2.06. The first kappa shape index (κ1) is 16.8. The molecular weight excluding hydrogens is 292 g/mol. The van der Waals surface area contributed by atoms with E-state index in [9.17, 15) is 0 Å². The largest absolute Gasteiger partial charge is 0.343 e. The van der Waals surface area contributed by atoms with Crippen molar-refractivity contribution in [3.8, 4) is 0 Å². The smallest absolute Gasteiger partial charge is 0.0486 e. The Morgan fingerprint density at radius 2 is 1.67 bits per heavy atom. The van der Waals surface area contributed by atoms with Crippen LogP contribution in [0.5, 0.6) is 0 Å². The van der Waals surface area contributed by atoms with E-state index in [1.807, 2.05) is 0 Å². The van der Waals surface area contributed by atoms with Gasteiger partial charge in [-0.2, -0.15) is 0 Å². The molecule has 0 aliphatic rings. The maximum Gasteiger partial charge on any atom is 0.0486 e. The number of nitrogens with zero attached hydrogens (tertiary/aromatic N) is 1. The number of para-hydroxylation sites is 1. The van der Waals surface area contributed by atoms with Crippen LogP contribution in [-0.2, 0) is 13.1 Å². The molecule has 0 aliphatic heterocycles. The van der Waals surface area contributed by atoms with E-state index in [-0.39, 0.29) is 5.54 Å². The summed E-state index contributed by atoms with van der Waals surface area (Å²) in [4.78, 5) is 0. The average Bonchev–Trinajstić information content (AvgIpc) is 2.93. The molecule has 0 fully saturated rings. The first-order chi connectivity index (χ1) is 11.5. The number of benzene rings is 2. The van der Waals surface area contributed by atoms with Crippen LogP contribution in [0, 0.1) is 6.92 Å². The second-order valence-corrected chi connectivity index (χ2v) is 7.32. The lowest BCUT2D eigenvalue weighted by Crippen LogP contribution is -2.37. The molecule has 24 heavy (non-hydrogen) atoms. The highest BCUT2D eigenvalue weighted by Gasteiger charge is 2.15. The summed E-state index contributed by atoms with van der Waals surface area (Å²) in [6, 6.07) is 17.4. The Balaban J connectivity index is 1.93.